The highest BCUT2D eigenvalue weighted by atomic mass is 32.2. The van der Waals surface area contributed by atoms with Crippen LogP contribution in [0.3, 0.4) is 0 Å². The van der Waals surface area contributed by atoms with Crippen molar-refractivity contribution in [3.63, 3.8) is 0 Å². The van der Waals surface area contributed by atoms with Gasteiger partial charge < -0.3 is 10.8 Å². The molecule has 96 valence electrons. The number of sulfonamides is 1. The Labute approximate surface area is 99.7 Å². The second-order valence-corrected chi connectivity index (χ2v) is 5.86. The number of nitrogens with zero attached hydrogens (tertiary/aromatic N) is 2. The maximum absolute atomic E-state index is 12.0. The summed E-state index contributed by atoms with van der Waals surface area (Å²) in [6, 6.07) is -0.209. The third-order valence-electron chi connectivity index (χ3n) is 2.80. The third-order valence-corrected chi connectivity index (χ3v) is 4.34. The Hall–Kier alpha value is -1.12. The van der Waals surface area contributed by atoms with Gasteiger partial charge in [-0.25, -0.2) is 13.1 Å². The number of nitrogens with one attached hydrogen (secondary N) is 1. The number of aliphatic hydroxyl groups is 1. The lowest BCUT2D eigenvalue weighted by atomic mass is 9.91. The highest BCUT2D eigenvalue weighted by molar-refractivity contribution is 7.89. The zero-order valence-corrected chi connectivity index (χ0v) is 10.3. The molecule has 8 heteroatoms. The van der Waals surface area contributed by atoms with Crippen molar-refractivity contribution in [3.05, 3.63) is 6.20 Å². The molecule has 1 aromatic rings. The van der Waals surface area contributed by atoms with Crippen molar-refractivity contribution >= 4 is 15.8 Å². The van der Waals surface area contributed by atoms with Gasteiger partial charge in [0, 0.05) is 18.8 Å². The van der Waals surface area contributed by atoms with E-state index >= 15 is 0 Å². The van der Waals surface area contributed by atoms with Crippen LogP contribution in [0.1, 0.15) is 19.8 Å². The van der Waals surface area contributed by atoms with Crippen LogP contribution in [0.25, 0.3) is 0 Å². The van der Waals surface area contributed by atoms with Gasteiger partial charge in [0.1, 0.15) is 4.90 Å². The Morgan fingerprint density at radius 3 is 2.76 bits per heavy atom. The fourth-order valence-corrected chi connectivity index (χ4v) is 3.09. The number of aliphatic hydroxyl groups excluding tert-OH is 1. The van der Waals surface area contributed by atoms with Gasteiger partial charge in [0.2, 0.25) is 10.0 Å². The van der Waals surface area contributed by atoms with Crippen LogP contribution in [0.4, 0.5) is 5.82 Å². The van der Waals surface area contributed by atoms with E-state index < -0.39 is 16.1 Å². The smallest absolute Gasteiger partial charge is 0.246 e. The van der Waals surface area contributed by atoms with Gasteiger partial charge in [-0.3, -0.25) is 4.68 Å². The summed E-state index contributed by atoms with van der Waals surface area (Å²) in [5.41, 5.74) is 5.57. The second kappa shape index (κ2) is 4.28. The SMILES string of the molecule is CCn1cc(S(=O)(=O)NC2CC(O)C2)c(N)n1. The molecular formula is C9H16N4O3S. The predicted octanol–water partition coefficient (Wildman–Crippen LogP) is -0.713. The second-order valence-electron chi connectivity index (χ2n) is 4.18. The standard InChI is InChI=1S/C9H16N4O3S/c1-2-13-5-8(9(10)11-13)17(15,16)12-6-3-7(14)4-6/h5-7,12,14H,2-4H2,1H3,(H2,10,11). The first-order chi connectivity index (χ1) is 7.92. The Bertz CT molecular complexity index is 504. The van der Waals surface area contributed by atoms with E-state index in [1.165, 1.54) is 10.9 Å². The van der Waals surface area contributed by atoms with Gasteiger partial charge in [-0.15, -0.1) is 0 Å². The maximum atomic E-state index is 12.0. The summed E-state index contributed by atoms with van der Waals surface area (Å²) in [5.74, 6) is -0.000720. The van der Waals surface area contributed by atoms with E-state index in [1.54, 1.807) is 0 Å². The van der Waals surface area contributed by atoms with Gasteiger partial charge in [-0.2, -0.15) is 5.10 Å². The number of rotatable bonds is 4. The van der Waals surface area contributed by atoms with Crippen LogP contribution in [0, 0.1) is 0 Å². The molecule has 0 atom stereocenters. The summed E-state index contributed by atoms with van der Waals surface area (Å²) in [5, 5.41) is 13.0. The average molecular weight is 260 g/mol. The normalized spacial score (nSPS) is 24.6. The van der Waals surface area contributed by atoms with Crippen LogP contribution in [-0.2, 0) is 16.6 Å². The van der Waals surface area contributed by atoms with Gasteiger partial charge in [0.15, 0.2) is 5.82 Å². The first kappa shape index (κ1) is 12.3. The van der Waals surface area contributed by atoms with E-state index in [-0.39, 0.29) is 16.8 Å². The molecule has 17 heavy (non-hydrogen) atoms. The van der Waals surface area contributed by atoms with E-state index in [0.717, 1.165) is 0 Å². The van der Waals surface area contributed by atoms with Crippen molar-refractivity contribution in [2.45, 2.75) is 43.4 Å². The molecule has 0 bridgehead atoms. The molecule has 2 rings (SSSR count). The number of hydrogen-bond acceptors (Lipinski definition) is 5. The summed E-state index contributed by atoms with van der Waals surface area (Å²) < 4.78 is 27.9. The van der Waals surface area contributed by atoms with Gasteiger partial charge in [-0.05, 0) is 19.8 Å². The van der Waals surface area contributed by atoms with Crippen LogP contribution < -0.4 is 10.5 Å². The molecule has 1 heterocycles. The van der Waals surface area contributed by atoms with Gasteiger partial charge >= 0.3 is 0 Å². The first-order valence-electron chi connectivity index (χ1n) is 5.45. The molecule has 0 unspecified atom stereocenters. The van der Waals surface area contributed by atoms with Gasteiger partial charge in [-0.1, -0.05) is 0 Å². The van der Waals surface area contributed by atoms with Crippen LogP contribution in [0.2, 0.25) is 0 Å². The molecule has 0 aliphatic heterocycles. The highest BCUT2D eigenvalue weighted by Crippen LogP contribution is 2.23. The molecule has 1 fully saturated rings. The lowest BCUT2D eigenvalue weighted by Gasteiger charge is -2.31. The molecular weight excluding hydrogens is 244 g/mol. The van der Waals surface area contributed by atoms with Crippen molar-refractivity contribution in [3.8, 4) is 0 Å². The van der Waals surface area contributed by atoms with Gasteiger partial charge in [0.25, 0.3) is 0 Å². The summed E-state index contributed by atoms with van der Waals surface area (Å²) >= 11 is 0. The molecule has 0 amide bonds. The van der Waals surface area contributed by atoms with Crippen molar-refractivity contribution in [2.75, 3.05) is 5.73 Å². The summed E-state index contributed by atoms with van der Waals surface area (Å²) in [6.07, 6.45) is 1.90. The molecule has 7 nitrogen and oxygen atoms in total. The lowest BCUT2D eigenvalue weighted by Crippen LogP contribution is -2.46. The molecule has 1 aliphatic carbocycles. The van der Waals surface area contributed by atoms with E-state index in [2.05, 4.69) is 9.82 Å². The molecule has 0 spiro atoms. The summed E-state index contributed by atoms with van der Waals surface area (Å²) in [7, 11) is -3.63. The number of aryl methyl sites for hydroxylation is 1. The minimum absolute atomic E-state index is 0.000685. The zero-order chi connectivity index (χ0) is 12.6. The third kappa shape index (κ3) is 2.43. The van der Waals surface area contributed by atoms with E-state index in [4.69, 9.17) is 10.8 Å². The Balaban J connectivity index is 2.16. The molecule has 1 saturated carbocycles. The Morgan fingerprint density at radius 1 is 1.65 bits per heavy atom. The predicted molar refractivity (Wildman–Crippen MR) is 61.7 cm³/mol. The Morgan fingerprint density at radius 2 is 2.29 bits per heavy atom. The molecule has 0 aromatic carbocycles. The minimum atomic E-state index is -3.63. The topological polar surface area (TPSA) is 110 Å². The highest BCUT2D eigenvalue weighted by Gasteiger charge is 2.32. The maximum Gasteiger partial charge on any atom is 0.246 e. The lowest BCUT2D eigenvalue weighted by molar-refractivity contribution is 0.0712. The first-order valence-corrected chi connectivity index (χ1v) is 6.94. The molecule has 1 aliphatic rings. The van der Waals surface area contributed by atoms with Crippen molar-refractivity contribution < 1.29 is 13.5 Å². The average Bonchev–Trinajstić information content (AvgIpc) is 2.58. The van der Waals surface area contributed by atoms with Crippen molar-refractivity contribution in [1.82, 2.24) is 14.5 Å². The van der Waals surface area contributed by atoms with Crippen LogP contribution in [0.15, 0.2) is 11.1 Å². The largest absolute Gasteiger partial charge is 0.393 e. The molecule has 1 aromatic heterocycles. The Kier molecular flexibility index (Phi) is 3.11. The number of hydrogen-bond donors (Lipinski definition) is 3. The fourth-order valence-electron chi connectivity index (χ4n) is 1.75. The molecule has 0 saturated heterocycles. The number of aromatic nitrogens is 2. The minimum Gasteiger partial charge on any atom is -0.393 e. The van der Waals surface area contributed by atoms with Gasteiger partial charge in [0.05, 0.1) is 6.10 Å². The van der Waals surface area contributed by atoms with E-state index in [1.807, 2.05) is 6.92 Å². The van der Waals surface area contributed by atoms with Crippen molar-refractivity contribution in [1.29, 1.82) is 0 Å². The number of nitrogens with two attached hydrogens (primary N) is 1. The number of nitrogen functional groups attached to an aromatic ring is 1. The summed E-state index contributed by atoms with van der Waals surface area (Å²) in [6.45, 7) is 2.40. The summed E-state index contributed by atoms with van der Waals surface area (Å²) in [4.78, 5) is 0.000685. The van der Waals surface area contributed by atoms with Crippen LogP contribution in [0.5, 0.6) is 0 Å². The van der Waals surface area contributed by atoms with Crippen LogP contribution >= 0.6 is 0 Å². The quantitative estimate of drug-likeness (QED) is 0.662. The van der Waals surface area contributed by atoms with Crippen molar-refractivity contribution in [2.24, 2.45) is 0 Å². The number of anilines is 1. The molecule has 0 radical (unpaired) electrons. The monoisotopic (exact) mass is 260 g/mol. The van der Waals surface area contributed by atoms with E-state index in [0.29, 0.717) is 19.4 Å². The fraction of sp³-hybridized carbons (Fsp3) is 0.667. The zero-order valence-electron chi connectivity index (χ0n) is 9.50. The van der Waals surface area contributed by atoms with Crippen LogP contribution in [-0.4, -0.2) is 35.5 Å². The van der Waals surface area contributed by atoms with E-state index in [9.17, 15) is 8.42 Å². The molecule has 4 N–H and O–H groups in total.